The topological polar surface area (TPSA) is 68.2 Å². The van der Waals surface area contributed by atoms with Crippen molar-refractivity contribution in [1.82, 2.24) is 4.90 Å². The molecule has 0 N–H and O–H groups in total. The maximum absolute atomic E-state index is 12.8. The summed E-state index contributed by atoms with van der Waals surface area (Å²) >= 11 is 0. The van der Waals surface area contributed by atoms with Gasteiger partial charge in [0.2, 0.25) is 0 Å². The van der Waals surface area contributed by atoms with Crippen molar-refractivity contribution >= 4 is 17.6 Å². The standard InChI is InChI=1S/C25H34N2O4/c1-5-27(6-2)23(28)18-31-26-22-13-11-9-7-8-10-12-14-30-25(29)24-20(4)15-19(3)16-21(24)17-22/h8,10-11,13,15-16H,5-7,9,12,14,17-18H2,1-4H3/b10-8+,13-11+,26-22+. The second-order valence-corrected chi connectivity index (χ2v) is 7.59. The van der Waals surface area contributed by atoms with Gasteiger partial charge in [-0.15, -0.1) is 0 Å². The predicted octanol–water partition coefficient (Wildman–Crippen LogP) is 4.54. The summed E-state index contributed by atoms with van der Waals surface area (Å²) in [5, 5.41) is 4.24. The molecule has 0 aromatic heterocycles. The molecule has 31 heavy (non-hydrogen) atoms. The van der Waals surface area contributed by atoms with Gasteiger partial charge in [-0.2, -0.15) is 0 Å². The van der Waals surface area contributed by atoms with Gasteiger partial charge in [0.15, 0.2) is 6.61 Å². The summed E-state index contributed by atoms with van der Waals surface area (Å²) in [5.74, 6) is -0.418. The van der Waals surface area contributed by atoms with Crippen LogP contribution in [0.5, 0.6) is 0 Å². The minimum Gasteiger partial charge on any atom is -0.462 e. The number of hydrogen-bond acceptors (Lipinski definition) is 5. The van der Waals surface area contributed by atoms with Crippen molar-refractivity contribution < 1.29 is 19.2 Å². The fraction of sp³-hybridized carbons (Fsp3) is 0.480. The lowest BCUT2D eigenvalue weighted by Crippen LogP contribution is -2.33. The fourth-order valence-electron chi connectivity index (χ4n) is 3.58. The molecule has 168 valence electrons. The predicted molar refractivity (Wildman–Crippen MR) is 123 cm³/mol. The van der Waals surface area contributed by atoms with Crippen LogP contribution in [0.1, 0.15) is 60.2 Å². The molecule has 0 unspecified atom stereocenters. The van der Waals surface area contributed by atoms with E-state index in [-0.39, 0.29) is 18.5 Å². The number of amides is 1. The van der Waals surface area contributed by atoms with Crippen LogP contribution in [0, 0.1) is 13.8 Å². The Morgan fingerprint density at radius 3 is 2.55 bits per heavy atom. The molecular formula is C25H34N2O4. The number of carbonyl (C=O) groups excluding carboxylic acids is 2. The average molecular weight is 427 g/mol. The van der Waals surface area contributed by atoms with Gasteiger partial charge >= 0.3 is 5.97 Å². The van der Waals surface area contributed by atoms with Crippen molar-refractivity contribution in [3.63, 3.8) is 0 Å². The molecule has 0 saturated carbocycles. The Hall–Kier alpha value is -2.89. The van der Waals surface area contributed by atoms with Crippen LogP contribution in [0.2, 0.25) is 0 Å². The zero-order chi connectivity index (χ0) is 22.6. The Morgan fingerprint density at radius 1 is 1.10 bits per heavy atom. The molecule has 1 aromatic rings. The SMILES string of the molecule is CCN(CC)C(=O)CO/N=C1\C=C\CC/C=C/CCOC(=O)c2c(C)cc(C)cc2C1. The quantitative estimate of drug-likeness (QED) is 0.394. The first kappa shape index (κ1) is 24.4. The number of allylic oxidation sites excluding steroid dienone is 3. The first-order chi connectivity index (χ1) is 15.0. The van der Waals surface area contributed by atoms with E-state index in [1.54, 1.807) is 4.90 Å². The van der Waals surface area contributed by atoms with Crippen molar-refractivity contribution in [2.24, 2.45) is 5.16 Å². The number of cyclic esters (lactones) is 1. The van der Waals surface area contributed by atoms with E-state index in [9.17, 15) is 9.59 Å². The van der Waals surface area contributed by atoms with E-state index in [0.717, 1.165) is 29.5 Å². The minimum atomic E-state index is -0.320. The Bertz CT molecular complexity index is 851. The van der Waals surface area contributed by atoms with E-state index in [2.05, 4.69) is 11.2 Å². The molecule has 1 amide bonds. The van der Waals surface area contributed by atoms with Gasteiger partial charge in [-0.25, -0.2) is 4.79 Å². The lowest BCUT2D eigenvalue weighted by molar-refractivity contribution is -0.135. The number of aryl methyl sites for hydroxylation is 2. The Labute approximate surface area is 185 Å². The summed E-state index contributed by atoms with van der Waals surface area (Å²) in [6.07, 6.45) is 11.0. The number of fused-ring (bicyclic) bond motifs is 1. The van der Waals surface area contributed by atoms with Crippen molar-refractivity contribution in [1.29, 1.82) is 0 Å². The van der Waals surface area contributed by atoms with Crippen LogP contribution in [0.15, 0.2) is 41.6 Å². The molecule has 1 aromatic carbocycles. The summed E-state index contributed by atoms with van der Waals surface area (Å²) in [7, 11) is 0. The summed E-state index contributed by atoms with van der Waals surface area (Å²) in [5.41, 5.74) is 4.02. The number of hydrogen-bond donors (Lipinski definition) is 0. The summed E-state index contributed by atoms with van der Waals surface area (Å²) in [4.78, 5) is 32.1. The first-order valence-electron chi connectivity index (χ1n) is 11.0. The third-order valence-corrected chi connectivity index (χ3v) is 5.12. The molecule has 6 nitrogen and oxygen atoms in total. The minimum absolute atomic E-state index is 0.0972. The highest BCUT2D eigenvalue weighted by Crippen LogP contribution is 2.20. The maximum atomic E-state index is 12.8. The van der Waals surface area contributed by atoms with E-state index in [0.29, 0.717) is 43.8 Å². The molecule has 0 saturated heterocycles. The molecule has 1 aliphatic heterocycles. The van der Waals surface area contributed by atoms with Gasteiger partial charge in [0.05, 0.1) is 17.9 Å². The van der Waals surface area contributed by atoms with Crippen LogP contribution < -0.4 is 0 Å². The molecule has 6 heteroatoms. The van der Waals surface area contributed by atoms with Gasteiger partial charge in [-0.1, -0.05) is 41.1 Å². The number of ether oxygens (including phenoxy) is 1. The van der Waals surface area contributed by atoms with E-state index >= 15 is 0 Å². The van der Waals surface area contributed by atoms with Crippen molar-refractivity contribution in [2.45, 2.75) is 53.4 Å². The van der Waals surface area contributed by atoms with Crippen LogP contribution in [0.25, 0.3) is 0 Å². The molecule has 0 fully saturated rings. The number of esters is 1. The van der Waals surface area contributed by atoms with Crippen molar-refractivity contribution in [2.75, 3.05) is 26.3 Å². The van der Waals surface area contributed by atoms with Crippen molar-refractivity contribution in [3.05, 3.63) is 58.7 Å². The molecular weight excluding hydrogens is 392 g/mol. The number of carbonyl (C=O) groups is 2. The Balaban J connectivity index is 2.31. The van der Waals surface area contributed by atoms with E-state index in [1.807, 2.05) is 58.1 Å². The molecule has 0 aliphatic carbocycles. The second-order valence-electron chi connectivity index (χ2n) is 7.59. The summed E-state index contributed by atoms with van der Waals surface area (Å²) in [6, 6.07) is 3.97. The van der Waals surface area contributed by atoms with Crippen molar-refractivity contribution in [3.8, 4) is 0 Å². The first-order valence-corrected chi connectivity index (χ1v) is 11.0. The van der Waals surface area contributed by atoms with Crippen LogP contribution >= 0.6 is 0 Å². The van der Waals surface area contributed by atoms with E-state index < -0.39 is 0 Å². The van der Waals surface area contributed by atoms with Gasteiger partial charge in [-0.3, -0.25) is 4.79 Å². The summed E-state index contributed by atoms with van der Waals surface area (Å²) < 4.78 is 5.50. The third kappa shape index (κ3) is 7.70. The number of likely N-dealkylation sites (N-methyl/N-ethyl adjacent to an activating group) is 1. The highest BCUT2D eigenvalue weighted by molar-refractivity contribution is 6.00. The van der Waals surface area contributed by atoms with Crippen LogP contribution in [-0.2, 0) is 20.8 Å². The highest BCUT2D eigenvalue weighted by Gasteiger charge is 2.18. The fourth-order valence-corrected chi connectivity index (χ4v) is 3.58. The highest BCUT2D eigenvalue weighted by atomic mass is 16.6. The molecule has 1 heterocycles. The van der Waals surface area contributed by atoms with E-state index in [1.165, 1.54) is 0 Å². The number of rotatable bonds is 5. The molecule has 0 spiro atoms. The smallest absolute Gasteiger partial charge is 0.338 e. The Kier molecular flexibility index (Phi) is 10.0. The monoisotopic (exact) mass is 426 g/mol. The second kappa shape index (κ2) is 12.7. The van der Waals surface area contributed by atoms with Gasteiger partial charge in [0, 0.05) is 19.5 Å². The molecule has 0 atom stereocenters. The number of nitrogens with zero attached hydrogens (tertiary/aromatic N) is 2. The van der Waals surface area contributed by atoms with Gasteiger partial charge < -0.3 is 14.5 Å². The number of benzene rings is 1. The van der Waals surface area contributed by atoms with Gasteiger partial charge in [-0.05, 0) is 64.2 Å². The Morgan fingerprint density at radius 2 is 1.81 bits per heavy atom. The van der Waals surface area contributed by atoms with E-state index in [4.69, 9.17) is 9.57 Å². The molecule has 1 aliphatic rings. The average Bonchev–Trinajstić information content (AvgIpc) is 2.72. The summed E-state index contributed by atoms with van der Waals surface area (Å²) in [6.45, 7) is 9.31. The van der Waals surface area contributed by atoms with Crippen LogP contribution in [0.4, 0.5) is 0 Å². The van der Waals surface area contributed by atoms with Gasteiger partial charge in [0.1, 0.15) is 0 Å². The third-order valence-electron chi connectivity index (χ3n) is 5.12. The number of oxime groups is 1. The molecule has 2 rings (SSSR count). The van der Waals surface area contributed by atoms with Crippen LogP contribution in [0.3, 0.4) is 0 Å². The largest absolute Gasteiger partial charge is 0.462 e. The van der Waals surface area contributed by atoms with Gasteiger partial charge in [0.25, 0.3) is 5.91 Å². The normalized spacial score (nSPS) is 18.5. The van der Waals surface area contributed by atoms with Crippen LogP contribution in [-0.4, -0.2) is 48.8 Å². The lowest BCUT2D eigenvalue weighted by atomic mass is 9.95. The maximum Gasteiger partial charge on any atom is 0.338 e. The lowest BCUT2D eigenvalue weighted by Gasteiger charge is -2.17. The molecule has 0 radical (unpaired) electrons. The molecule has 0 bridgehead atoms. The zero-order valence-electron chi connectivity index (χ0n) is 19.1. The zero-order valence-corrected chi connectivity index (χ0v) is 19.1.